The van der Waals surface area contributed by atoms with Gasteiger partial charge >= 0.3 is 8.32 Å². The van der Waals surface area contributed by atoms with Crippen molar-refractivity contribution in [2.24, 2.45) is 0 Å². The summed E-state index contributed by atoms with van der Waals surface area (Å²) in [6.45, 7) is 6.96. The highest BCUT2D eigenvalue weighted by Crippen LogP contribution is 2.39. The van der Waals surface area contributed by atoms with Crippen LogP contribution in [-0.2, 0) is 6.42 Å². The third-order valence-electron chi connectivity index (χ3n) is 5.47. The van der Waals surface area contributed by atoms with E-state index in [1.165, 1.54) is 21.5 Å². The summed E-state index contributed by atoms with van der Waals surface area (Å²) in [6, 6.07) is 28.1. The van der Waals surface area contributed by atoms with Crippen molar-refractivity contribution in [3.8, 4) is 5.75 Å². The Hall–Kier alpha value is -2.58. The van der Waals surface area contributed by atoms with E-state index in [1.807, 2.05) is 0 Å². The van der Waals surface area contributed by atoms with Gasteiger partial charge in [-0.15, -0.1) is 0 Å². The molecule has 0 unspecified atom stereocenters. The minimum atomic E-state index is -2.56. The van der Waals surface area contributed by atoms with E-state index in [4.69, 9.17) is 4.43 Å². The Kier molecular flexibility index (Phi) is 4.53. The monoisotopic (exact) mass is 370 g/mol. The number of hydrogen-bond donors (Lipinski definition) is 0. The van der Waals surface area contributed by atoms with Crippen molar-refractivity contribution in [1.29, 1.82) is 0 Å². The standard InChI is InChI=1S/C25H26OSi/c1-25(2,3)27(21-14-6-4-7-15-21,22-16-8-5-9-17-22)26-24-19-11-13-20-12-10-18-23(20)24/h4-17,19H,18H2,1-3H3. The molecule has 3 aromatic carbocycles. The molecule has 2 heteroatoms. The lowest BCUT2D eigenvalue weighted by Gasteiger charge is -2.43. The molecule has 3 aromatic rings. The smallest absolute Gasteiger partial charge is 0.319 e. The zero-order valence-corrected chi connectivity index (χ0v) is 17.3. The number of rotatable bonds is 4. The van der Waals surface area contributed by atoms with Crippen molar-refractivity contribution in [3.63, 3.8) is 0 Å². The summed E-state index contributed by atoms with van der Waals surface area (Å²) in [6.07, 6.45) is 5.38. The van der Waals surface area contributed by atoms with Crippen LogP contribution >= 0.6 is 0 Å². The maximum Gasteiger partial charge on any atom is 0.319 e. The van der Waals surface area contributed by atoms with Crippen LogP contribution in [0.2, 0.25) is 5.04 Å². The Morgan fingerprint density at radius 3 is 1.89 bits per heavy atom. The van der Waals surface area contributed by atoms with Crippen LogP contribution in [0.3, 0.4) is 0 Å². The summed E-state index contributed by atoms with van der Waals surface area (Å²) in [5, 5.41) is 2.60. The molecule has 4 rings (SSSR count). The molecule has 0 radical (unpaired) electrons. The van der Waals surface area contributed by atoms with Gasteiger partial charge in [0.1, 0.15) is 5.75 Å². The van der Waals surface area contributed by atoms with E-state index in [-0.39, 0.29) is 5.04 Å². The molecular formula is C25H26OSi. The molecule has 0 fully saturated rings. The van der Waals surface area contributed by atoms with Gasteiger partial charge in [0.25, 0.3) is 0 Å². The van der Waals surface area contributed by atoms with Crippen LogP contribution in [-0.4, -0.2) is 8.32 Å². The fourth-order valence-corrected chi connectivity index (χ4v) is 8.62. The van der Waals surface area contributed by atoms with Crippen LogP contribution in [0.25, 0.3) is 6.08 Å². The molecule has 0 aliphatic heterocycles. The molecule has 0 aromatic heterocycles. The predicted molar refractivity (Wildman–Crippen MR) is 117 cm³/mol. The normalized spacial score (nSPS) is 13.4. The Balaban J connectivity index is 1.95. The molecular weight excluding hydrogens is 344 g/mol. The molecule has 0 atom stereocenters. The largest absolute Gasteiger partial charge is 0.534 e. The van der Waals surface area contributed by atoms with Gasteiger partial charge in [-0.1, -0.05) is 106 Å². The maximum atomic E-state index is 7.18. The summed E-state index contributed by atoms with van der Waals surface area (Å²) >= 11 is 0. The molecule has 0 N–H and O–H groups in total. The van der Waals surface area contributed by atoms with E-state index >= 15 is 0 Å². The first-order valence-corrected chi connectivity index (χ1v) is 11.5. The summed E-state index contributed by atoms with van der Waals surface area (Å²) in [5.74, 6) is 1.03. The predicted octanol–water partition coefficient (Wildman–Crippen LogP) is 5.19. The van der Waals surface area contributed by atoms with E-state index in [1.54, 1.807) is 0 Å². The first kappa shape index (κ1) is 17.8. The van der Waals surface area contributed by atoms with Gasteiger partial charge in [0.2, 0.25) is 0 Å². The average molecular weight is 371 g/mol. The summed E-state index contributed by atoms with van der Waals surface area (Å²) < 4.78 is 7.18. The summed E-state index contributed by atoms with van der Waals surface area (Å²) in [4.78, 5) is 0. The molecule has 0 saturated carbocycles. The molecule has 0 saturated heterocycles. The van der Waals surface area contributed by atoms with Gasteiger partial charge in [0.15, 0.2) is 0 Å². The maximum absolute atomic E-state index is 7.18. The zero-order valence-electron chi connectivity index (χ0n) is 16.3. The van der Waals surface area contributed by atoms with Crippen LogP contribution in [0, 0.1) is 0 Å². The van der Waals surface area contributed by atoms with Crippen molar-refractivity contribution < 1.29 is 4.43 Å². The molecule has 0 heterocycles. The van der Waals surface area contributed by atoms with Gasteiger partial charge in [-0.05, 0) is 33.5 Å². The number of fused-ring (bicyclic) bond motifs is 1. The zero-order chi connectivity index (χ0) is 18.9. The van der Waals surface area contributed by atoms with E-state index in [0.29, 0.717) is 0 Å². The Labute approximate surface area is 163 Å². The van der Waals surface area contributed by atoms with E-state index < -0.39 is 8.32 Å². The topological polar surface area (TPSA) is 9.23 Å². The minimum absolute atomic E-state index is 0.0233. The van der Waals surface area contributed by atoms with Crippen molar-refractivity contribution in [3.05, 3.63) is 96.1 Å². The lowest BCUT2D eigenvalue weighted by atomic mass is 10.1. The minimum Gasteiger partial charge on any atom is -0.534 e. The van der Waals surface area contributed by atoms with Crippen molar-refractivity contribution in [2.45, 2.75) is 32.2 Å². The first-order valence-electron chi connectivity index (χ1n) is 9.61. The first-order chi connectivity index (χ1) is 13.0. The van der Waals surface area contributed by atoms with Crippen molar-refractivity contribution in [1.82, 2.24) is 0 Å². The molecule has 0 spiro atoms. The third-order valence-corrected chi connectivity index (χ3v) is 10.4. The number of benzene rings is 3. The van der Waals surface area contributed by atoms with Gasteiger partial charge in [-0.3, -0.25) is 0 Å². The van der Waals surface area contributed by atoms with Crippen molar-refractivity contribution in [2.75, 3.05) is 0 Å². The molecule has 1 aliphatic carbocycles. The van der Waals surface area contributed by atoms with Crippen LogP contribution < -0.4 is 14.8 Å². The second-order valence-electron chi connectivity index (χ2n) is 8.20. The van der Waals surface area contributed by atoms with Gasteiger partial charge in [0.05, 0.1) is 0 Å². The number of allylic oxidation sites excluding steroid dienone is 1. The molecule has 136 valence electrons. The quantitative estimate of drug-likeness (QED) is 0.574. The third kappa shape index (κ3) is 3.04. The Bertz CT molecular complexity index is 913. The molecule has 1 nitrogen and oxygen atoms in total. The van der Waals surface area contributed by atoms with Crippen LogP contribution in [0.4, 0.5) is 0 Å². The summed E-state index contributed by atoms with van der Waals surface area (Å²) in [5.41, 5.74) is 2.59. The van der Waals surface area contributed by atoms with Crippen LogP contribution in [0.15, 0.2) is 84.9 Å². The lowest BCUT2D eigenvalue weighted by Crippen LogP contribution is -2.68. The molecule has 1 aliphatic rings. The second-order valence-corrected chi connectivity index (χ2v) is 12.4. The highest BCUT2D eigenvalue weighted by molar-refractivity contribution is 7.00. The van der Waals surface area contributed by atoms with E-state index in [2.05, 4.69) is 112 Å². The lowest BCUT2D eigenvalue weighted by molar-refractivity contribution is 0.504. The van der Waals surface area contributed by atoms with Crippen LogP contribution in [0.1, 0.15) is 31.9 Å². The van der Waals surface area contributed by atoms with Crippen molar-refractivity contribution >= 4 is 24.8 Å². The highest BCUT2D eigenvalue weighted by atomic mass is 28.4. The van der Waals surface area contributed by atoms with E-state index in [9.17, 15) is 0 Å². The fraction of sp³-hybridized carbons (Fsp3) is 0.200. The summed E-state index contributed by atoms with van der Waals surface area (Å²) in [7, 11) is -2.56. The Morgan fingerprint density at radius 1 is 0.741 bits per heavy atom. The fourth-order valence-electron chi connectivity index (χ4n) is 4.17. The van der Waals surface area contributed by atoms with Gasteiger partial charge in [-0.2, -0.15) is 0 Å². The second kappa shape index (κ2) is 6.86. The van der Waals surface area contributed by atoms with Crippen LogP contribution in [0.5, 0.6) is 5.75 Å². The highest BCUT2D eigenvalue weighted by Gasteiger charge is 2.52. The van der Waals surface area contributed by atoms with Gasteiger partial charge < -0.3 is 4.43 Å². The average Bonchev–Trinajstić information content (AvgIpc) is 3.16. The van der Waals surface area contributed by atoms with Gasteiger partial charge in [-0.25, -0.2) is 0 Å². The molecule has 27 heavy (non-hydrogen) atoms. The van der Waals surface area contributed by atoms with E-state index in [0.717, 1.165) is 12.2 Å². The number of hydrogen-bond acceptors (Lipinski definition) is 1. The molecule has 0 amide bonds. The Morgan fingerprint density at radius 2 is 1.33 bits per heavy atom. The molecule has 0 bridgehead atoms. The van der Waals surface area contributed by atoms with Gasteiger partial charge in [0, 0.05) is 5.56 Å². The SMILES string of the molecule is CC(C)(C)[Si](Oc1cccc2c1CC=C2)(c1ccccc1)c1ccccc1.